The smallest absolute Gasteiger partial charge is 0.383 e. The summed E-state index contributed by atoms with van der Waals surface area (Å²) in [4.78, 5) is 10.3. The summed E-state index contributed by atoms with van der Waals surface area (Å²) in [6.07, 6.45) is 3.86. The third-order valence-corrected chi connectivity index (χ3v) is 7.56. The molecule has 6 rings (SSSR count). The van der Waals surface area contributed by atoms with Crippen LogP contribution in [0.15, 0.2) is 36.8 Å². The summed E-state index contributed by atoms with van der Waals surface area (Å²) in [5.74, 6) is -0.359. The van der Waals surface area contributed by atoms with Crippen LogP contribution in [0.2, 0.25) is 0 Å². The van der Waals surface area contributed by atoms with E-state index >= 15 is 0 Å². The van der Waals surface area contributed by atoms with Crippen molar-refractivity contribution in [3.05, 3.63) is 59.4 Å². The number of hydrogen-bond donors (Lipinski definition) is 1. The van der Waals surface area contributed by atoms with Crippen molar-refractivity contribution in [2.45, 2.75) is 49.9 Å². The lowest BCUT2D eigenvalue weighted by molar-refractivity contribution is -0.137. The van der Waals surface area contributed by atoms with Gasteiger partial charge >= 0.3 is 6.18 Å². The molecule has 2 fully saturated rings. The first kappa shape index (κ1) is 21.5. The molecule has 1 spiro atoms. The largest absolute Gasteiger partial charge is 0.419 e. The Morgan fingerprint density at radius 1 is 1.06 bits per heavy atom. The van der Waals surface area contributed by atoms with Crippen LogP contribution in [-0.4, -0.2) is 37.7 Å². The van der Waals surface area contributed by atoms with E-state index in [0.717, 1.165) is 56.1 Å². The van der Waals surface area contributed by atoms with Gasteiger partial charge in [-0.3, -0.25) is 14.6 Å². The fourth-order valence-corrected chi connectivity index (χ4v) is 5.78. The molecular formula is C24H24F4N6. The summed E-state index contributed by atoms with van der Waals surface area (Å²) in [5, 5.41) is 4.61. The van der Waals surface area contributed by atoms with E-state index < -0.39 is 17.6 Å². The SMILES string of the molecule is Nc1ncc(-c2cc3n(n2)CC[C@@]32CCN(C(c3cncc(F)c3)C3CC3)C2)cc1C(F)(F)F. The Morgan fingerprint density at radius 3 is 2.59 bits per heavy atom. The second-order valence-electron chi connectivity index (χ2n) is 9.76. The molecule has 3 aromatic heterocycles. The van der Waals surface area contributed by atoms with Crippen LogP contribution in [0.25, 0.3) is 11.3 Å². The maximum Gasteiger partial charge on any atom is 0.419 e. The minimum Gasteiger partial charge on any atom is -0.383 e. The molecule has 1 aliphatic carbocycles. The van der Waals surface area contributed by atoms with Crippen molar-refractivity contribution in [3.8, 4) is 11.3 Å². The van der Waals surface area contributed by atoms with Gasteiger partial charge in [0, 0.05) is 48.2 Å². The lowest BCUT2D eigenvalue weighted by Gasteiger charge is -2.30. The van der Waals surface area contributed by atoms with Crippen molar-refractivity contribution in [2.24, 2.45) is 5.92 Å². The summed E-state index contributed by atoms with van der Waals surface area (Å²) in [5.41, 5.74) is 7.13. The van der Waals surface area contributed by atoms with E-state index in [1.165, 1.54) is 12.4 Å². The quantitative estimate of drug-likeness (QED) is 0.563. The third kappa shape index (κ3) is 3.55. The first-order valence-electron chi connectivity index (χ1n) is 11.5. The van der Waals surface area contributed by atoms with E-state index in [2.05, 4.69) is 20.0 Å². The normalized spacial score (nSPS) is 23.5. The fraction of sp³-hybridized carbons (Fsp3) is 0.458. The number of nitrogen functional groups attached to an aromatic ring is 1. The highest BCUT2D eigenvalue weighted by Crippen LogP contribution is 2.51. The molecule has 1 saturated heterocycles. The van der Waals surface area contributed by atoms with Gasteiger partial charge in [-0.05, 0) is 61.9 Å². The number of aromatic nitrogens is 4. The summed E-state index contributed by atoms with van der Waals surface area (Å²) >= 11 is 0. The van der Waals surface area contributed by atoms with Gasteiger partial charge in [0.25, 0.3) is 0 Å². The molecule has 3 aromatic rings. The maximum absolute atomic E-state index is 13.9. The molecule has 5 heterocycles. The van der Waals surface area contributed by atoms with Crippen molar-refractivity contribution in [2.75, 3.05) is 18.8 Å². The molecule has 2 aliphatic heterocycles. The Kier molecular flexibility index (Phi) is 4.74. The number of aryl methyl sites for hydroxylation is 1. The van der Waals surface area contributed by atoms with E-state index in [0.29, 0.717) is 23.7 Å². The number of anilines is 1. The van der Waals surface area contributed by atoms with Crippen LogP contribution >= 0.6 is 0 Å². The second kappa shape index (κ2) is 7.49. The molecule has 1 unspecified atom stereocenters. The maximum atomic E-state index is 13.9. The van der Waals surface area contributed by atoms with Crippen LogP contribution in [0, 0.1) is 11.7 Å². The Morgan fingerprint density at radius 2 is 1.85 bits per heavy atom. The van der Waals surface area contributed by atoms with E-state index in [9.17, 15) is 17.6 Å². The number of halogens is 4. The minimum absolute atomic E-state index is 0.118. The first-order chi connectivity index (χ1) is 16.2. The van der Waals surface area contributed by atoms with Crippen molar-refractivity contribution in [1.82, 2.24) is 24.6 Å². The van der Waals surface area contributed by atoms with E-state index in [-0.39, 0.29) is 17.3 Å². The Balaban J connectivity index is 1.30. The predicted molar refractivity (Wildman–Crippen MR) is 117 cm³/mol. The van der Waals surface area contributed by atoms with E-state index in [1.807, 2.05) is 10.7 Å². The summed E-state index contributed by atoms with van der Waals surface area (Å²) < 4.78 is 55.8. The highest BCUT2D eigenvalue weighted by atomic mass is 19.4. The van der Waals surface area contributed by atoms with Gasteiger partial charge in [-0.15, -0.1) is 0 Å². The number of nitrogens with two attached hydrogens (primary N) is 1. The summed E-state index contributed by atoms with van der Waals surface area (Å²) in [6.45, 7) is 2.40. The molecular weight excluding hydrogens is 448 g/mol. The van der Waals surface area contributed by atoms with Crippen molar-refractivity contribution >= 4 is 5.82 Å². The zero-order chi connectivity index (χ0) is 23.7. The summed E-state index contributed by atoms with van der Waals surface area (Å²) in [6, 6.07) is 4.65. The van der Waals surface area contributed by atoms with Gasteiger partial charge in [-0.2, -0.15) is 18.3 Å². The zero-order valence-corrected chi connectivity index (χ0v) is 18.4. The number of likely N-dealkylation sites (tertiary alicyclic amines) is 1. The lowest BCUT2D eigenvalue weighted by Crippen LogP contribution is -2.33. The van der Waals surface area contributed by atoms with Crippen LogP contribution in [0.3, 0.4) is 0 Å². The number of alkyl halides is 3. The molecule has 6 nitrogen and oxygen atoms in total. The standard InChI is InChI=1S/C24H24F4N6/c25-17-7-16(10-30-12-17)21(14-1-2-14)33-5-3-23(13-33)4-6-34-20(23)9-19(32-34)15-8-18(24(26,27)28)22(29)31-11-15/h7-12,14,21H,1-6,13H2,(H2,29,31)/t21?,23-/m1/s1. The predicted octanol–water partition coefficient (Wildman–Crippen LogP) is 4.58. The molecule has 10 heteroatoms. The van der Waals surface area contributed by atoms with Crippen LogP contribution in [-0.2, 0) is 18.1 Å². The van der Waals surface area contributed by atoms with Gasteiger partial charge in [0.15, 0.2) is 0 Å². The molecule has 1 saturated carbocycles. The van der Waals surface area contributed by atoms with Crippen molar-refractivity contribution in [1.29, 1.82) is 0 Å². The Bertz CT molecular complexity index is 1250. The molecule has 2 N–H and O–H groups in total. The first-order valence-corrected chi connectivity index (χ1v) is 11.5. The van der Waals surface area contributed by atoms with Crippen LogP contribution in [0.5, 0.6) is 0 Å². The van der Waals surface area contributed by atoms with Crippen molar-refractivity contribution in [3.63, 3.8) is 0 Å². The highest BCUT2D eigenvalue weighted by molar-refractivity contribution is 5.63. The second-order valence-corrected chi connectivity index (χ2v) is 9.76. The van der Waals surface area contributed by atoms with Gasteiger partial charge in [-0.1, -0.05) is 0 Å². The van der Waals surface area contributed by atoms with Gasteiger partial charge in [-0.25, -0.2) is 9.37 Å². The van der Waals surface area contributed by atoms with Crippen LogP contribution in [0.4, 0.5) is 23.4 Å². The molecule has 0 radical (unpaired) electrons. The highest BCUT2D eigenvalue weighted by Gasteiger charge is 2.49. The number of rotatable bonds is 4. The zero-order valence-electron chi connectivity index (χ0n) is 18.4. The Hall–Kier alpha value is -3.01. The number of hydrogen-bond acceptors (Lipinski definition) is 5. The average Bonchev–Trinajstić information content (AvgIpc) is 3.24. The van der Waals surface area contributed by atoms with Gasteiger partial charge in [0.1, 0.15) is 11.6 Å². The lowest BCUT2D eigenvalue weighted by atomic mass is 9.82. The van der Waals surface area contributed by atoms with E-state index in [1.54, 1.807) is 12.3 Å². The topological polar surface area (TPSA) is 72.9 Å². The van der Waals surface area contributed by atoms with Gasteiger partial charge in [0.2, 0.25) is 0 Å². The molecule has 2 atom stereocenters. The fourth-order valence-electron chi connectivity index (χ4n) is 5.78. The van der Waals surface area contributed by atoms with Crippen LogP contribution < -0.4 is 5.73 Å². The molecule has 178 valence electrons. The van der Waals surface area contributed by atoms with E-state index in [4.69, 9.17) is 5.73 Å². The average molecular weight is 472 g/mol. The summed E-state index contributed by atoms with van der Waals surface area (Å²) in [7, 11) is 0. The van der Waals surface area contributed by atoms with Gasteiger partial charge in [0.05, 0.1) is 17.5 Å². The molecule has 3 aliphatic rings. The van der Waals surface area contributed by atoms with Crippen LogP contribution in [0.1, 0.15) is 48.5 Å². The number of nitrogens with zero attached hydrogens (tertiary/aromatic N) is 5. The Labute approximate surface area is 193 Å². The molecule has 34 heavy (non-hydrogen) atoms. The van der Waals surface area contributed by atoms with Gasteiger partial charge < -0.3 is 5.73 Å². The monoisotopic (exact) mass is 472 g/mol. The number of fused-ring (bicyclic) bond motifs is 2. The number of pyridine rings is 2. The molecule has 0 bridgehead atoms. The van der Waals surface area contributed by atoms with Crippen molar-refractivity contribution < 1.29 is 17.6 Å². The minimum atomic E-state index is -4.58. The molecule has 0 amide bonds. The molecule has 0 aromatic carbocycles. The third-order valence-electron chi connectivity index (χ3n) is 7.56.